The Balaban J connectivity index is 2.78. The summed E-state index contributed by atoms with van der Waals surface area (Å²) in [7, 11) is 1.28. The quantitative estimate of drug-likeness (QED) is 0.572. The van der Waals surface area contributed by atoms with Crippen molar-refractivity contribution >= 4 is 5.97 Å². The summed E-state index contributed by atoms with van der Waals surface area (Å²) in [6.07, 6.45) is 1.82. The Morgan fingerprint density at radius 1 is 1.44 bits per heavy atom. The second-order valence-corrected chi connectivity index (χ2v) is 3.34. The number of rotatable bonds is 5. The summed E-state index contributed by atoms with van der Waals surface area (Å²) in [5.41, 5.74) is 0.287. The van der Waals surface area contributed by atoms with Crippen LogP contribution in [0.15, 0.2) is 18.2 Å². The normalized spacial score (nSPS) is 9.94. The number of esters is 1. The number of halogens is 1. The van der Waals surface area contributed by atoms with Crippen molar-refractivity contribution < 1.29 is 18.7 Å². The van der Waals surface area contributed by atoms with Gasteiger partial charge in [-0.05, 0) is 24.6 Å². The number of unbranched alkanes of at least 4 members (excludes halogenated alkanes) is 1. The molecule has 0 aliphatic carbocycles. The van der Waals surface area contributed by atoms with Gasteiger partial charge >= 0.3 is 5.97 Å². The molecule has 0 bridgehead atoms. The molecule has 0 aliphatic heterocycles. The van der Waals surface area contributed by atoms with Crippen LogP contribution in [0.2, 0.25) is 0 Å². The maximum atomic E-state index is 13.3. The van der Waals surface area contributed by atoms with Crippen LogP contribution in [0.3, 0.4) is 0 Å². The highest BCUT2D eigenvalue weighted by Gasteiger charge is 2.10. The fraction of sp³-hybridized carbons (Fsp3) is 0.417. The smallest absolute Gasteiger partial charge is 0.337 e. The van der Waals surface area contributed by atoms with Crippen molar-refractivity contribution in [2.24, 2.45) is 0 Å². The molecule has 3 nitrogen and oxygen atoms in total. The molecule has 0 fully saturated rings. The number of carbonyl (C=O) groups is 1. The van der Waals surface area contributed by atoms with Crippen molar-refractivity contribution in [1.82, 2.24) is 0 Å². The molecule has 0 saturated heterocycles. The zero-order valence-electron chi connectivity index (χ0n) is 9.46. The Labute approximate surface area is 94.2 Å². The molecule has 0 amide bonds. The van der Waals surface area contributed by atoms with Gasteiger partial charge < -0.3 is 9.47 Å². The third kappa shape index (κ3) is 3.22. The van der Waals surface area contributed by atoms with Crippen molar-refractivity contribution in [3.05, 3.63) is 29.6 Å². The van der Waals surface area contributed by atoms with E-state index in [-0.39, 0.29) is 11.3 Å². The first-order valence-electron chi connectivity index (χ1n) is 5.19. The molecule has 0 heterocycles. The van der Waals surface area contributed by atoms with Gasteiger partial charge in [-0.1, -0.05) is 13.3 Å². The summed E-state index contributed by atoms with van der Waals surface area (Å²) in [6.45, 7) is 2.46. The second-order valence-electron chi connectivity index (χ2n) is 3.34. The van der Waals surface area contributed by atoms with Gasteiger partial charge in [0.2, 0.25) is 0 Å². The molecule has 0 radical (unpaired) electrons. The van der Waals surface area contributed by atoms with Crippen molar-refractivity contribution in [1.29, 1.82) is 0 Å². The number of hydrogen-bond acceptors (Lipinski definition) is 3. The molecule has 4 heteroatoms. The number of hydrogen-bond donors (Lipinski definition) is 0. The Hall–Kier alpha value is -1.58. The highest BCUT2D eigenvalue weighted by molar-refractivity contribution is 5.89. The lowest BCUT2D eigenvalue weighted by atomic mass is 10.2. The predicted molar refractivity (Wildman–Crippen MR) is 58.1 cm³/mol. The summed E-state index contributed by atoms with van der Waals surface area (Å²) in [5.74, 6) is -0.875. The van der Waals surface area contributed by atoms with Crippen LogP contribution in [0, 0.1) is 5.82 Å². The van der Waals surface area contributed by atoms with Gasteiger partial charge in [0.05, 0.1) is 19.3 Å². The van der Waals surface area contributed by atoms with Gasteiger partial charge in [0, 0.05) is 0 Å². The zero-order chi connectivity index (χ0) is 12.0. The summed E-state index contributed by atoms with van der Waals surface area (Å²) in [6, 6.07) is 3.93. The van der Waals surface area contributed by atoms with Gasteiger partial charge in [-0.3, -0.25) is 0 Å². The Morgan fingerprint density at radius 2 is 2.19 bits per heavy atom. The van der Waals surface area contributed by atoms with E-state index in [1.54, 1.807) is 0 Å². The summed E-state index contributed by atoms with van der Waals surface area (Å²) >= 11 is 0. The van der Waals surface area contributed by atoms with Crippen LogP contribution < -0.4 is 4.74 Å². The molecular formula is C12H15FO3. The molecule has 0 saturated carbocycles. The largest absolute Gasteiger partial charge is 0.490 e. The minimum atomic E-state index is -0.500. The molecule has 0 atom stereocenters. The van der Waals surface area contributed by atoms with E-state index < -0.39 is 11.8 Å². The fourth-order valence-electron chi connectivity index (χ4n) is 1.19. The van der Waals surface area contributed by atoms with Gasteiger partial charge in [0.15, 0.2) is 11.6 Å². The van der Waals surface area contributed by atoms with Crippen LogP contribution in [-0.4, -0.2) is 19.7 Å². The van der Waals surface area contributed by atoms with Crippen LogP contribution in [-0.2, 0) is 4.74 Å². The third-order valence-corrected chi connectivity index (χ3v) is 2.11. The monoisotopic (exact) mass is 226 g/mol. The number of methoxy groups -OCH3 is 1. The van der Waals surface area contributed by atoms with Crippen LogP contribution >= 0.6 is 0 Å². The minimum absolute atomic E-state index is 0.0938. The van der Waals surface area contributed by atoms with E-state index in [9.17, 15) is 9.18 Å². The highest BCUT2D eigenvalue weighted by atomic mass is 19.1. The van der Waals surface area contributed by atoms with E-state index in [1.807, 2.05) is 6.92 Å². The highest BCUT2D eigenvalue weighted by Crippen LogP contribution is 2.19. The average molecular weight is 226 g/mol. The lowest BCUT2D eigenvalue weighted by Crippen LogP contribution is -2.04. The first-order chi connectivity index (χ1) is 7.69. The van der Waals surface area contributed by atoms with Gasteiger partial charge in [0.25, 0.3) is 0 Å². The molecule has 1 rings (SSSR count). The van der Waals surface area contributed by atoms with Gasteiger partial charge in [-0.15, -0.1) is 0 Å². The molecular weight excluding hydrogens is 211 g/mol. The van der Waals surface area contributed by atoms with Crippen molar-refractivity contribution in [3.8, 4) is 5.75 Å². The van der Waals surface area contributed by atoms with Crippen LogP contribution in [0.1, 0.15) is 30.1 Å². The van der Waals surface area contributed by atoms with E-state index in [0.717, 1.165) is 12.8 Å². The van der Waals surface area contributed by atoms with Crippen molar-refractivity contribution in [2.75, 3.05) is 13.7 Å². The fourth-order valence-corrected chi connectivity index (χ4v) is 1.19. The lowest BCUT2D eigenvalue weighted by molar-refractivity contribution is 0.0600. The second kappa shape index (κ2) is 6.10. The summed E-state index contributed by atoms with van der Waals surface area (Å²) in [4.78, 5) is 11.2. The van der Waals surface area contributed by atoms with E-state index in [1.165, 1.54) is 25.3 Å². The molecule has 0 unspecified atom stereocenters. The van der Waals surface area contributed by atoms with Crippen LogP contribution in [0.4, 0.5) is 4.39 Å². The van der Waals surface area contributed by atoms with E-state index in [2.05, 4.69) is 4.74 Å². The standard InChI is InChI=1S/C12H15FO3/c1-3-4-7-16-11-8-9(12(14)15-2)5-6-10(11)13/h5-6,8H,3-4,7H2,1-2H3. The number of carbonyl (C=O) groups excluding carboxylic acids is 1. The van der Waals surface area contributed by atoms with Crippen molar-refractivity contribution in [2.45, 2.75) is 19.8 Å². The van der Waals surface area contributed by atoms with Gasteiger partial charge in [-0.25, -0.2) is 9.18 Å². The summed E-state index contributed by atoms with van der Waals surface area (Å²) < 4.78 is 23.1. The molecule has 0 spiro atoms. The maximum absolute atomic E-state index is 13.3. The average Bonchev–Trinajstić information content (AvgIpc) is 2.31. The molecule has 0 N–H and O–H groups in total. The Kier molecular flexibility index (Phi) is 4.76. The molecule has 1 aromatic carbocycles. The summed E-state index contributed by atoms with van der Waals surface area (Å²) in [5, 5.41) is 0. The minimum Gasteiger partial charge on any atom is -0.490 e. The van der Waals surface area contributed by atoms with E-state index >= 15 is 0 Å². The topological polar surface area (TPSA) is 35.5 Å². The molecule has 1 aromatic rings. The third-order valence-electron chi connectivity index (χ3n) is 2.11. The van der Waals surface area contributed by atoms with Crippen LogP contribution in [0.25, 0.3) is 0 Å². The predicted octanol–water partition coefficient (Wildman–Crippen LogP) is 2.79. The molecule has 0 aliphatic rings. The first kappa shape index (κ1) is 12.5. The molecule has 0 aromatic heterocycles. The van der Waals surface area contributed by atoms with Crippen molar-refractivity contribution in [3.63, 3.8) is 0 Å². The SMILES string of the molecule is CCCCOc1cc(C(=O)OC)ccc1F. The van der Waals surface area contributed by atoms with Gasteiger partial charge in [0.1, 0.15) is 0 Å². The zero-order valence-corrected chi connectivity index (χ0v) is 9.46. The van der Waals surface area contributed by atoms with E-state index in [4.69, 9.17) is 4.74 Å². The lowest BCUT2D eigenvalue weighted by Gasteiger charge is -2.07. The number of ether oxygens (including phenoxy) is 2. The first-order valence-corrected chi connectivity index (χ1v) is 5.19. The molecule has 88 valence electrons. The Bertz CT molecular complexity index is 363. The maximum Gasteiger partial charge on any atom is 0.337 e. The Morgan fingerprint density at radius 3 is 2.81 bits per heavy atom. The van der Waals surface area contributed by atoms with Gasteiger partial charge in [-0.2, -0.15) is 0 Å². The van der Waals surface area contributed by atoms with E-state index in [0.29, 0.717) is 6.61 Å². The number of benzene rings is 1. The molecule has 16 heavy (non-hydrogen) atoms. The van der Waals surface area contributed by atoms with Crippen LogP contribution in [0.5, 0.6) is 5.75 Å².